The summed E-state index contributed by atoms with van der Waals surface area (Å²) in [4.78, 5) is 19.7. The lowest BCUT2D eigenvalue weighted by atomic mass is 9.94. The number of carbonyl (C=O) groups is 1. The number of hydrogen-bond acceptors (Lipinski definition) is 5. The lowest BCUT2D eigenvalue weighted by Crippen LogP contribution is -2.46. The number of urea groups is 1. The average Bonchev–Trinajstić information content (AvgIpc) is 3.34. The number of aromatic nitrogens is 2. The third-order valence-corrected chi connectivity index (χ3v) is 6.16. The molecule has 1 aliphatic heterocycles. The molecule has 1 unspecified atom stereocenters. The van der Waals surface area contributed by atoms with Gasteiger partial charge in [0.2, 0.25) is 5.82 Å². The molecule has 7 heteroatoms. The number of methoxy groups -OCH3 is 1. The molecule has 35 heavy (non-hydrogen) atoms. The number of rotatable bonds is 5. The number of aryl methyl sites for hydroxylation is 2. The fourth-order valence-corrected chi connectivity index (χ4v) is 4.30. The summed E-state index contributed by atoms with van der Waals surface area (Å²) in [7, 11) is 1.62. The van der Waals surface area contributed by atoms with Crippen molar-refractivity contribution in [2.75, 3.05) is 12.0 Å². The molecule has 2 heterocycles. The molecule has 1 N–H and O–H groups in total. The first kappa shape index (κ1) is 22.4. The van der Waals surface area contributed by atoms with Crippen LogP contribution in [0.2, 0.25) is 0 Å². The Labute approximate surface area is 204 Å². The molecule has 0 spiro atoms. The summed E-state index contributed by atoms with van der Waals surface area (Å²) in [5.41, 5.74) is 6.20. The van der Waals surface area contributed by atoms with Gasteiger partial charge in [0.25, 0.3) is 5.89 Å². The van der Waals surface area contributed by atoms with Crippen LogP contribution in [0.4, 0.5) is 10.5 Å². The van der Waals surface area contributed by atoms with Crippen LogP contribution in [0.5, 0.6) is 5.75 Å². The Bertz CT molecular complexity index is 1400. The van der Waals surface area contributed by atoms with E-state index in [1.807, 2.05) is 93.6 Å². The standard InChI is InChI=1S/C28H26N4O3/c1-17-8-10-20(11-9-17)25-24(19(3)32(28(33)29-25)22-7-5-6-18(2)16-22)27-30-26(31-35-27)21-12-14-23(34-4)15-13-21/h5-16,25H,1-4H3,(H,29,33). The second-order valence-electron chi connectivity index (χ2n) is 8.62. The first-order chi connectivity index (χ1) is 16.9. The number of carbonyl (C=O) groups excluding carboxylic acids is 1. The summed E-state index contributed by atoms with van der Waals surface area (Å²) < 4.78 is 11.0. The van der Waals surface area contributed by atoms with E-state index in [4.69, 9.17) is 14.2 Å². The van der Waals surface area contributed by atoms with Gasteiger partial charge < -0.3 is 14.6 Å². The van der Waals surface area contributed by atoms with Crippen LogP contribution in [0, 0.1) is 13.8 Å². The fraction of sp³-hybridized carbons (Fsp3) is 0.179. The predicted molar refractivity (Wildman–Crippen MR) is 135 cm³/mol. The molecule has 2 amide bonds. The minimum atomic E-state index is -0.437. The number of benzene rings is 3. The first-order valence-corrected chi connectivity index (χ1v) is 11.4. The topological polar surface area (TPSA) is 80.5 Å². The molecule has 3 aromatic carbocycles. The zero-order valence-corrected chi connectivity index (χ0v) is 20.1. The number of anilines is 1. The van der Waals surface area contributed by atoms with Crippen molar-refractivity contribution in [2.24, 2.45) is 0 Å². The SMILES string of the molecule is COc1ccc(-c2noc(C3=C(C)N(c4cccc(C)c4)C(=O)NC3c3ccc(C)cc3)n2)cc1. The number of amides is 2. The van der Waals surface area contributed by atoms with Crippen molar-refractivity contribution in [3.05, 3.63) is 101 Å². The van der Waals surface area contributed by atoms with Crippen molar-refractivity contribution in [2.45, 2.75) is 26.8 Å². The van der Waals surface area contributed by atoms with Gasteiger partial charge in [0.1, 0.15) is 5.75 Å². The molecule has 1 atom stereocenters. The lowest BCUT2D eigenvalue weighted by Gasteiger charge is -2.35. The summed E-state index contributed by atoms with van der Waals surface area (Å²) in [6.07, 6.45) is 0. The van der Waals surface area contributed by atoms with Crippen molar-refractivity contribution < 1.29 is 14.1 Å². The number of ether oxygens (including phenoxy) is 1. The van der Waals surface area contributed by atoms with Crippen LogP contribution in [-0.4, -0.2) is 23.3 Å². The van der Waals surface area contributed by atoms with Crippen molar-refractivity contribution in [3.8, 4) is 17.1 Å². The van der Waals surface area contributed by atoms with Gasteiger partial charge in [-0.3, -0.25) is 4.90 Å². The van der Waals surface area contributed by atoms with E-state index in [1.54, 1.807) is 12.0 Å². The molecular formula is C28H26N4O3. The maximum Gasteiger partial charge on any atom is 0.326 e. The molecule has 4 aromatic rings. The van der Waals surface area contributed by atoms with Crippen LogP contribution in [0.3, 0.4) is 0 Å². The van der Waals surface area contributed by atoms with Gasteiger partial charge in [-0.25, -0.2) is 4.79 Å². The zero-order valence-electron chi connectivity index (χ0n) is 20.1. The maximum absolute atomic E-state index is 13.3. The van der Waals surface area contributed by atoms with Crippen molar-refractivity contribution in [1.82, 2.24) is 15.5 Å². The molecule has 1 aromatic heterocycles. The fourth-order valence-electron chi connectivity index (χ4n) is 4.30. The number of nitrogens with one attached hydrogen (secondary N) is 1. The summed E-state index contributed by atoms with van der Waals surface area (Å²) in [5.74, 6) is 1.57. The van der Waals surface area contributed by atoms with Crippen LogP contribution >= 0.6 is 0 Å². The van der Waals surface area contributed by atoms with Gasteiger partial charge in [-0.05, 0) is 68.3 Å². The summed E-state index contributed by atoms with van der Waals surface area (Å²) in [5, 5.41) is 7.38. The quantitative estimate of drug-likeness (QED) is 0.386. The normalized spacial score (nSPS) is 15.8. The smallest absolute Gasteiger partial charge is 0.326 e. The molecular weight excluding hydrogens is 440 g/mol. The summed E-state index contributed by atoms with van der Waals surface area (Å²) in [6, 6.07) is 22.7. The molecule has 0 radical (unpaired) electrons. The van der Waals surface area contributed by atoms with Gasteiger partial charge in [-0.1, -0.05) is 47.1 Å². The van der Waals surface area contributed by atoms with E-state index in [1.165, 1.54) is 0 Å². The highest BCUT2D eigenvalue weighted by atomic mass is 16.5. The number of nitrogens with zero attached hydrogens (tertiary/aromatic N) is 3. The van der Waals surface area contributed by atoms with Crippen LogP contribution in [0.25, 0.3) is 17.0 Å². The average molecular weight is 467 g/mol. The van der Waals surface area contributed by atoms with Crippen LogP contribution in [0.15, 0.2) is 83.0 Å². The minimum absolute atomic E-state index is 0.211. The van der Waals surface area contributed by atoms with Crippen molar-refractivity contribution in [1.29, 1.82) is 0 Å². The Kier molecular flexibility index (Phi) is 5.82. The van der Waals surface area contributed by atoms with Crippen molar-refractivity contribution >= 4 is 17.3 Å². The van der Waals surface area contributed by atoms with Crippen LogP contribution < -0.4 is 15.0 Å². The van der Waals surface area contributed by atoms with E-state index in [2.05, 4.69) is 10.5 Å². The van der Waals surface area contributed by atoms with Gasteiger partial charge in [0.15, 0.2) is 0 Å². The number of allylic oxidation sites excluding steroid dienone is 1. The molecule has 0 bridgehead atoms. The highest BCUT2D eigenvalue weighted by molar-refractivity contribution is 6.01. The molecule has 0 saturated carbocycles. The molecule has 0 saturated heterocycles. The Hall–Kier alpha value is -4.39. The monoisotopic (exact) mass is 466 g/mol. The Balaban J connectivity index is 1.63. The maximum atomic E-state index is 13.3. The molecule has 7 nitrogen and oxygen atoms in total. The van der Waals surface area contributed by atoms with E-state index < -0.39 is 6.04 Å². The van der Waals surface area contributed by atoms with Crippen LogP contribution in [0.1, 0.15) is 35.5 Å². The van der Waals surface area contributed by atoms with E-state index >= 15 is 0 Å². The van der Waals surface area contributed by atoms with E-state index in [-0.39, 0.29) is 6.03 Å². The molecule has 0 aliphatic carbocycles. The van der Waals surface area contributed by atoms with Gasteiger partial charge in [0, 0.05) is 11.3 Å². The van der Waals surface area contributed by atoms with Gasteiger partial charge in [0.05, 0.1) is 24.4 Å². The second kappa shape index (κ2) is 9.10. The number of hydrogen-bond donors (Lipinski definition) is 1. The first-order valence-electron chi connectivity index (χ1n) is 11.4. The van der Waals surface area contributed by atoms with Gasteiger partial charge in [-0.2, -0.15) is 4.98 Å². The van der Waals surface area contributed by atoms with E-state index in [0.717, 1.165) is 45.0 Å². The Morgan fingerprint density at radius 2 is 1.69 bits per heavy atom. The van der Waals surface area contributed by atoms with Gasteiger partial charge in [-0.15, -0.1) is 0 Å². The molecule has 5 rings (SSSR count). The predicted octanol–water partition coefficient (Wildman–Crippen LogP) is 6.06. The second-order valence-corrected chi connectivity index (χ2v) is 8.62. The zero-order chi connectivity index (χ0) is 24.5. The summed E-state index contributed by atoms with van der Waals surface area (Å²) in [6.45, 7) is 5.94. The highest BCUT2D eigenvalue weighted by Crippen LogP contribution is 2.39. The Morgan fingerprint density at radius 3 is 2.37 bits per heavy atom. The van der Waals surface area contributed by atoms with Crippen molar-refractivity contribution in [3.63, 3.8) is 0 Å². The molecule has 1 aliphatic rings. The summed E-state index contributed by atoms with van der Waals surface area (Å²) >= 11 is 0. The molecule has 176 valence electrons. The largest absolute Gasteiger partial charge is 0.497 e. The highest BCUT2D eigenvalue weighted by Gasteiger charge is 2.36. The van der Waals surface area contributed by atoms with Crippen LogP contribution in [-0.2, 0) is 0 Å². The van der Waals surface area contributed by atoms with Gasteiger partial charge >= 0.3 is 6.03 Å². The third-order valence-electron chi connectivity index (χ3n) is 6.16. The third kappa shape index (κ3) is 4.28. The lowest BCUT2D eigenvalue weighted by molar-refractivity contribution is 0.244. The molecule has 0 fully saturated rings. The van der Waals surface area contributed by atoms with E-state index in [0.29, 0.717) is 11.7 Å². The Morgan fingerprint density at radius 1 is 0.943 bits per heavy atom. The van der Waals surface area contributed by atoms with E-state index in [9.17, 15) is 4.79 Å². The minimum Gasteiger partial charge on any atom is -0.497 e.